The maximum Gasteiger partial charge on any atom is 0.238 e. The third-order valence-corrected chi connectivity index (χ3v) is 9.36. The molecule has 6 heteroatoms. The highest BCUT2D eigenvalue weighted by Crippen LogP contribution is 2.62. The molecule has 1 spiro atoms. The zero-order valence-electron chi connectivity index (χ0n) is 25.0. The second-order valence-corrected chi connectivity index (χ2v) is 12.3. The number of rotatable bonds is 7. The van der Waals surface area contributed by atoms with Crippen LogP contribution >= 0.6 is 0 Å². The number of Topliss-reactive ketones (excluding diaryl/α,β-unsaturated/α-hetero) is 2. The van der Waals surface area contributed by atoms with E-state index in [-0.39, 0.29) is 17.5 Å². The van der Waals surface area contributed by atoms with E-state index in [0.29, 0.717) is 28.5 Å². The fraction of sp³-hybridized carbons (Fsp3) is 0.237. The number of benzene rings is 4. The minimum absolute atomic E-state index is 0.227. The van der Waals surface area contributed by atoms with E-state index in [1.54, 1.807) is 31.4 Å². The van der Waals surface area contributed by atoms with E-state index in [1.165, 1.54) is 0 Å². The zero-order chi connectivity index (χ0) is 30.6. The lowest BCUT2D eigenvalue weighted by atomic mass is 9.62. The molecule has 1 amide bonds. The lowest BCUT2D eigenvalue weighted by molar-refractivity contribution is -0.122. The summed E-state index contributed by atoms with van der Waals surface area (Å²) in [6.07, 6.45) is 4.76. The first kappa shape index (κ1) is 27.8. The minimum Gasteiger partial charge on any atom is -0.497 e. The zero-order valence-corrected chi connectivity index (χ0v) is 25.0. The summed E-state index contributed by atoms with van der Waals surface area (Å²) in [6.45, 7) is 4.32. The Balaban J connectivity index is 1.48. The molecule has 0 aromatic heterocycles. The molecule has 6 nitrogen and oxygen atoms in total. The van der Waals surface area contributed by atoms with Crippen molar-refractivity contribution in [3.8, 4) is 5.75 Å². The Kier molecular flexibility index (Phi) is 6.73. The van der Waals surface area contributed by atoms with Gasteiger partial charge in [0.1, 0.15) is 17.2 Å². The van der Waals surface area contributed by atoms with Crippen LogP contribution < -0.4 is 10.1 Å². The van der Waals surface area contributed by atoms with E-state index < -0.39 is 23.4 Å². The number of carbonyl (C=O) groups excluding carboxylic acids is 3. The lowest BCUT2D eigenvalue weighted by Crippen LogP contribution is -2.49. The molecule has 1 N–H and O–H groups in total. The molecule has 0 saturated carbocycles. The summed E-state index contributed by atoms with van der Waals surface area (Å²) < 4.78 is 5.45. The summed E-state index contributed by atoms with van der Waals surface area (Å²) in [4.78, 5) is 46.3. The normalized spacial score (nSPS) is 22.9. The molecule has 3 aliphatic heterocycles. The Morgan fingerprint density at radius 1 is 0.886 bits per heavy atom. The molecule has 44 heavy (non-hydrogen) atoms. The van der Waals surface area contributed by atoms with Crippen molar-refractivity contribution in [2.75, 3.05) is 12.4 Å². The second kappa shape index (κ2) is 10.6. The largest absolute Gasteiger partial charge is 0.497 e. The van der Waals surface area contributed by atoms with Crippen LogP contribution in [0.5, 0.6) is 5.75 Å². The van der Waals surface area contributed by atoms with Gasteiger partial charge in [0.25, 0.3) is 0 Å². The highest BCUT2D eigenvalue weighted by atomic mass is 16.5. The first-order chi connectivity index (χ1) is 21.3. The van der Waals surface area contributed by atoms with Gasteiger partial charge in [0.15, 0.2) is 11.6 Å². The Morgan fingerprint density at radius 3 is 2.41 bits per heavy atom. The molecular formula is C38H34N2O4. The highest BCUT2D eigenvalue weighted by molar-refractivity contribution is 6.16. The van der Waals surface area contributed by atoms with Crippen molar-refractivity contribution in [2.45, 2.75) is 37.8 Å². The van der Waals surface area contributed by atoms with Gasteiger partial charge in [-0.3, -0.25) is 14.4 Å². The monoisotopic (exact) mass is 582 g/mol. The van der Waals surface area contributed by atoms with Crippen LogP contribution in [0, 0.1) is 11.8 Å². The van der Waals surface area contributed by atoms with Crippen molar-refractivity contribution >= 4 is 29.2 Å². The van der Waals surface area contributed by atoms with Crippen LogP contribution in [0.3, 0.4) is 0 Å². The first-order valence-corrected chi connectivity index (χ1v) is 15.1. The van der Waals surface area contributed by atoms with Crippen LogP contribution in [0.2, 0.25) is 0 Å². The van der Waals surface area contributed by atoms with Gasteiger partial charge in [0, 0.05) is 23.0 Å². The van der Waals surface area contributed by atoms with Gasteiger partial charge >= 0.3 is 0 Å². The smallest absolute Gasteiger partial charge is 0.238 e. The number of methoxy groups -OCH3 is 1. The number of carbonyl (C=O) groups is 3. The van der Waals surface area contributed by atoms with E-state index in [0.717, 1.165) is 28.7 Å². The fourth-order valence-electron chi connectivity index (χ4n) is 7.57. The number of nitrogens with zero attached hydrogens (tertiary/aromatic N) is 1. The topological polar surface area (TPSA) is 75.7 Å². The van der Waals surface area contributed by atoms with Crippen LogP contribution in [0.15, 0.2) is 103 Å². The third kappa shape index (κ3) is 4.12. The third-order valence-electron chi connectivity index (χ3n) is 9.36. The number of para-hydroxylation sites is 1. The molecule has 0 radical (unpaired) electrons. The van der Waals surface area contributed by atoms with Gasteiger partial charge in [-0.2, -0.15) is 0 Å². The van der Waals surface area contributed by atoms with E-state index >= 15 is 4.79 Å². The number of hydrogen-bond donors (Lipinski definition) is 1. The van der Waals surface area contributed by atoms with Crippen molar-refractivity contribution in [1.82, 2.24) is 4.90 Å². The average molecular weight is 583 g/mol. The number of fused-ring (bicyclic) bond motifs is 6. The molecule has 3 aliphatic rings. The van der Waals surface area contributed by atoms with Crippen molar-refractivity contribution < 1.29 is 19.1 Å². The quantitative estimate of drug-likeness (QED) is 0.241. The molecule has 0 aliphatic carbocycles. The van der Waals surface area contributed by atoms with Gasteiger partial charge in [0.2, 0.25) is 5.91 Å². The van der Waals surface area contributed by atoms with Crippen molar-refractivity contribution in [3.05, 3.63) is 137 Å². The molecular weight excluding hydrogens is 548 g/mol. The van der Waals surface area contributed by atoms with E-state index in [2.05, 4.69) is 19.2 Å². The molecule has 4 unspecified atom stereocenters. The van der Waals surface area contributed by atoms with Gasteiger partial charge in [-0.25, -0.2) is 0 Å². The molecule has 0 bridgehead atoms. The van der Waals surface area contributed by atoms with E-state index in [9.17, 15) is 9.59 Å². The molecule has 4 aromatic carbocycles. The summed E-state index contributed by atoms with van der Waals surface area (Å²) in [5, 5.41) is 3.11. The maximum absolute atomic E-state index is 15.0. The Labute approximate surface area is 257 Å². The van der Waals surface area contributed by atoms with Crippen LogP contribution in [-0.2, 0) is 16.6 Å². The Morgan fingerprint density at radius 2 is 1.64 bits per heavy atom. The standard InChI is InChI=1S/C38H34N2O4/c1-23(2)21-24-15-17-26(18-16-24)34(41)32-33(35(42)27-10-8-11-28(22-27)44-3)40-20-19-25-9-4-5-12-29(25)36(40)38(32)30-13-6-7-14-31(30)39-37(38)43/h4-20,22-23,32-33,36H,21H2,1-3H3,(H,39,43). The SMILES string of the molecule is COc1cccc(C(=O)C2C(C(=O)c3ccc(CC(C)C)cc3)C3(C(=O)Nc4ccccc43)C3c4ccccc4C=CN23)c1. The predicted octanol–water partition coefficient (Wildman–Crippen LogP) is 6.88. The van der Waals surface area contributed by atoms with E-state index in [1.807, 2.05) is 90.0 Å². The number of hydrogen-bond acceptors (Lipinski definition) is 5. The predicted molar refractivity (Wildman–Crippen MR) is 171 cm³/mol. The molecule has 1 saturated heterocycles. The van der Waals surface area contributed by atoms with Crippen LogP contribution in [0.1, 0.15) is 62.9 Å². The van der Waals surface area contributed by atoms with Crippen molar-refractivity contribution in [3.63, 3.8) is 0 Å². The van der Waals surface area contributed by atoms with Gasteiger partial charge in [-0.1, -0.05) is 92.7 Å². The average Bonchev–Trinajstić information content (AvgIpc) is 3.52. The molecule has 3 heterocycles. The minimum atomic E-state index is -1.36. The van der Waals surface area contributed by atoms with Gasteiger partial charge in [-0.15, -0.1) is 0 Å². The summed E-state index contributed by atoms with van der Waals surface area (Å²) in [6, 6.07) is 28.7. The first-order valence-electron chi connectivity index (χ1n) is 15.1. The van der Waals surface area contributed by atoms with Gasteiger partial charge in [-0.05, 0) is 58.9 Å². The van der Waals surface area contributed by atoms with Crippen LogP contribution in [0.4, 0.5) is 5.69 Å². The Hall–Kier alpha value is -4.97. The number of anilines is 1. The summed E-state index contributed by atoms with van der Waals surface area (Å²) in [7, 11) is 1.56. The maximum atomic E-state index is 15.0. The van der Waals surface area contributed by atoms with Crippen molar-refractivity contribution in [2.24, 2.45) is 11.8 Å². The van der Waals surface area contributed by atoms with Gasteiger partial charge in [0.05, 0.1) is 19.1 Å². The summed E-state index contributed by atoms with van der Waals surface area (Å²) >= 11 is 0. The summed E-state index contributed by atoms with van der Waals surface area (Å²) in [5.74, 6) is -0.722. The number of amides is 1. The molecule has 220 valence electrons. The van der Waals surface area contributed by atoms with E-state index in [4.69, 9.17) is 4.74 Å². The van der Waals surface area contributed by atoms with Crippen molar-refractivity contribution in [1.29, 1.82) is 0 Å². The number of ether oxygens (including phenoxy) is 1. The second-order valence-electron chi connectivity index (χ2n) is 12.3. The molecule has 4 atom stereocenters. The Bertz CT molecular complexity index is 1820. The van der Waals surface area contributed by atoms with Crippen LogP contribution in [0.25, 0.3) is 6.08 Å². The molecule has 1 fully saturated rings. The fourth-order valence-corrected chi connectivity index (χ4v) is 7.57. The molecule has 4 aromatic rings. The lowest BCUT2D eigenvalue weighted by Gasteiger charge is -2.38. The molecule has 7 rings (SSSR count). The number of ketones is 2. The van der Waals surface area contributed by atoms with Crippen LogP contribution in [-0.4, -0.2) is 35.5 Å². The van der Waals surface area contributed by atoms with Gasteiger partial charge < -0.3 is 15.0 Å². The summed E-state index contributed by atoms with van der Waals surface area (Å²) in [5.41, 5.74) is 3.97. The highest BCUT2D eigenvalue weighted by Gasteiger charge is 2.70. The number of nitrogens with one attached hydrogen (secondary N) is 1.